The molecule has 1 aromatic heterocycles. The molecule has 0 bridgehead atoms. The lowest BCUT2D eigenvalue weighted by Crippen LogP contribution is -2.10. The molecule has 0 saturated heterocycles. The third-order valence-electron chi connectivity index (χ3n) is 3.11. The average Bonchev–Trinajstić information content (AvgIpc) is 2.72. The van der Waals surface area contributed by atoms with Crippen molar-refractivity contribution in [3.05, 3.63) is 35.8 Å². The van der Waals surface area contributed by atoms with Crippen LogP contribution in [0.3, 0.4) is 0 Å². The SMILES string of the molecule is CNCc1ncc(-c2ccc(OC)c(C)c2)n1C. The Hall–Kier alpha value is -1.81. The first-order chi connectivity index (χ1) is 8.67. The number of nitrogens with one attached hydrogen (secondary N) is 1. The molecule has 0 aliphatic carbocycles. The molecule has 1 aromatic carbocycles. The molecule has 0 spiro atoms. The minimum atomic E-state index is 0.769. The Morgan fingerprint density at radius 1 is 1.39 bits per heavy atom. The Morgan fingerprint density at radius 3 is 2.78 bits per heavy atom. The van der Waals surface area contributed by atoms with E-state index < -0.39 is 0 Å². The van der Waals surface area contributed by atoms with E-state index in [0.717, 1.165) is 34.9 Å². The van der Waals surface area contributed by atoms with Gasteiger partial charge in [-0.15, -0.1) is 0 Å². The predicted octanol–water partition coefficient (Wildman–Crippen LogP) is 2.12. The summed E-state index contributed by atoms with van der Waals surface area (Å²) in [6.45, 7) is 2.82. The van der Waals surface area contributed by atoms with E-state index in [-0.39, 0.29) is 0 Å². The zero-order chi connectivity index (χ0) is 13.1. The number of aromatic nitrogens is 2. The maximum absolute atomic E-state index is 5.28. The first kappa shape index (κ1) is 12.6. The minimum absolute atomic E-state index is 0.769. The third-order valence-corrected chi connectivity index (χ3v) is 3.11. The summed E-state index contributed by atoms with van der Waals surface area (Å²) in [5.74, 6) is 1.94. The summed E-state index contributed by atoms with van der Waals surface area (Å²) >= 11 is 0. The van der Waals surface area contributed by atoms with Crippen LogP contribution in [0.15, 0.2) is 24.4 Å². The predicted molar refractivity (Wildman–Crippen MR) is 72.7 cm³/mol. The second kappa shape index (κ2) is 5.23. The zero-order valence-corrected chi connectivity index (χ0v) is 11.3. The molecule has 0 atom stereocenters. The van der Waals surface area contributed by atoms with E-state index in [0.29, 0.717) is 0 Å². The summed E-state index contributed by atoms with van der Waals surface area (Å²) in [5.41, 5.74) is 3.41. The van der Waals surface area contributed by atoms with Gasteiger partial charge in [-0.3, -0.25) is 0 Å². The van der Waals surface area contributed by atoms with E-state index in [2.05, 4.69) is 27.0 Å². The summed E-state index contributed by atoms with van der Waals surface area (Å²) in [6, 6.07) is 6.18. The number of methoxy groups -OCH3 is 1. The monoisotopic (exact) mass is 245 g/mol. The van der Waals surface area contributed by atoms with Crippen molar-refractivity contribution >= 4 is 0 Å². The van der Waals surface area contributed by atoms with E-state index in [1.165, 1.54) is 0 Å². The zero-order valence-electron chi connectivity index (χ0n) is 11.3. The highest BCUT2D eigenvalue weighted by atomic mass is 16.5. The molecule has 0 aliphatic rings. The van der Waals surface area contributed by atoms with Gasteiger partial charge in [0.05, 0.1) is 25.5 Å². The molecule has 1 heterocycles. The fourth-order valence-electron chi connectivity index (χ4n) is 2.08. The number of hydrogen-bond acceptors (Lipinski definition) is 3. The molecule has 0 amide bonds. The number of hydrogen-bond donors (Lipinski definition) is 1. The first-order valence-electron chi connectivity index (χ1n) is 5.97. The minimum Gasteiger partial charge on any atom is -0.496 e. The van der Waals surface area contributed by atoms with Crippen LogP contribution in [-0.4, -0.2) is 23.7 Å². The summed E-state index contributed by atoms with van der Waals surface area (Å²) in [6.07, 6.45) is 1.91. The topological polar surface area (TPSA) is 39.1 Å². The van der Waals surface area contributed by atoms with Crippen LogP contribution in [0.1, 0.15) is 11.4 Å². The van der Waals surface area contributed by atoms with Gasteiger partial charge in [-0.05, 0) is 37.7 Å². The molecule has 18 heavy (non-hydrogen) atoms. The van der Waals surface area contributed by atoms with E-state index in [1.807, 2.05) is 33.3 Å². The fourth-order valence-corrected chi connectivity index (χ4v) is 2.08. The highest BCUT2D eigenvalue weighted by molar-refractivity contribution is 5.62. The van der Waals surface area contributed by atoms with Gasteiger partial charge in [0, 0.05) is 12.6 Å². The maximum atomic E-state index is 5.28. The van der Waals surface area contributed by atoms with Crippen LogP contribution in [0.4, 0.5) is 0 Å². The summed E-state index contributed by atoms with van der Waals surface area (Å²) in [4.78, 5) is 4.42. The number of ether oxygens (including phenoxy) is 1. The number of benzene rings is 1. The van der Waals surface area contributed by atoms with Crippen molar-refractivity contribution in [2.75, 3.05) is 14.2 Å². The molecule has 0 unspecified atom stereocenters. The third kappa shape index (κ3) is 2.24. The van der Waals surface area contributed by atoms with Crippen molar-refractivity contribution in [3.8, 4) is 17.0 Å². The number of rotatable bonds is 4. The Labute approximate surface area is 108 Å². The largest absolute Gasteiger partial charge is 0.496 e. The van der Waals surface area contributed by atoms with E-state index in [9.17, 15) is 0 Å². The van der Waals surface area contributed by atoms with Gasteiger partial charge in [0.25, 0.3) is 0 Å². The lowest BCUT2D eigenvalue weighted by Gasteiger charge is -2.09. The van der Waals surface area contributed by atoms with E-state index >= 15 is 0 Å². The molecule has 2 aromatic rings. The maximum Gasteiger partial charge on any atom is 0.122 e. The molecule has 0 fully saturated rings. The highest BCUT2D eigenvalue weighted by Gasteiger charge is 2.09. The molecule has 2 rings (SSSR count). The standard InChI is InChI=1S/C14H19N3O/c1-10-7-11(5-6-13(10)18-4)12-8-16-14(9-15-2)17(12)3/h5-8,15H,9H2,1-4H3. The van der Waals surface area contributed by atoms with Gasteiger partial charge in [0.2, 0.25) is 0 Å². The van der Waals surface area contributed by atoms with Crippen LogP contribution in [0.25, 0.3) is 11.3 Å². The normalized spacial score (nSPS) is 10.7. The Morgan fingerprint density at radius 2 is 2.17 bits per heavy atom. The fraction of sp³-hybridized carbons (Fsp3) is 0.357. The Bertz CT molecular complexity index is 546. The van der Waals surface area contributed by atoms with Crippen molar-refractivity contribution in [1.82, 2.24) is 14.9 Å². The Balaban J connectivity index is 2.39. The number of imidazole rings is 1. The quantitative estimate of drug-likeness (QED) is 0.896. The van der Waals surface area contributed by atoms with Gasteiger partial charge in [-0.1, -0.05) is 0 Å². The lowest BCUT2D eigenvalue weighted by molar-refractivity contribution is 0.412. The van der Waals surface area contributed by atoms with Crippen molar-refractivity contribution in [3.63, 3.8) is 0 Å². The summed E-state index contributed by atoms with van der Waals surface area (Å²) in [7, 11) is 5.65. The van der Waals surface area contributed by atoms with Gasteiger partial charge in [-0.2, -0.15) is 0 Å². The van der Waals surface area contributed by atoms with E-state index in [4.69, 9.17) is 4.74 Å². The average molecular weight is 245 g/mol. The van der Waals surface area contributed by atoms with Gasteiger partial charge in [-0.25, -0.2) is 4.98 Å². The van der Waals surface area contributed by atoms with Crippen molar-refractivity contribution in [2.24, 2.45) is 7.05 Å². The summed E-state index contributed by atoms with van der Waals surface area (Å²) in [5, 5.41) is 3.12. The first-order valence-corrected chi connectivity index (χ1v) is 5.97. The molecule has 4 heteroatoms. The van der Waals surface area contributed by atoms with Crippen molar-refractivity contribution in [1.29, 1.82) is 0 Å². The Kier molecular flexibility index (Phi) is 3.67. The van der Waals surface area contributed by atoms with Gasteiger partial charge in [0.1, 0.15) is 11.6 Å². The van der Waals surface area contributed by atoms with Crippen LogP contribution in [-0.2, 0) is 13.6 Å². The molecular weight excluding hydrogens is 226 g/mol. The molecular formula is C14H19N3O. The van der Waals surface area contributed by atoms with Crippen molar-refractivity contribution in [2.45, 2.75) is 13.5 Å². The second-order valence-electron chi connectivity index (χ2n) is 4.33. The van der Waals surface area contributed by atoms with Crippen LogP contribution in [0.2, 0.25) is 0 Å². The lowest BCUT2D eigenvalue weighted by atomic mass is 10.1. The molecule has 0 aliphatic heterocycles. The van der Waals surface area contributed by atoms with Crippen LogP contribution < -0.4 is 10.1 Å². The number of aryl methyl sites for hydroxylation is 1. The molecule has 0 saturated carbocycles. The van der Waals surface area contributed by atoms with Crippen LogP contribution in [0.5, 0.6) is 5.75 Å². The second-order valence-corrected chi connectivity index (χ2v) is 4.33. The molecule has 4 nitrogen and oxygen atoms in total. The van der Waals surface area contributed by atoms with Gasteiger partial charge < -0.3 is 14.6 Å². The van der Waals surface area contributed by atoms with E-state index in [1.54, 1.807) is 7.11 Å². The smallest absolute Gasteiger partial charge is 0.122 e. The van der Waals surface area contributed by atoms with Crippen LogP contribution in [0, 0.1) is 6.92 Å². The number of nitrogens with zero attached hydrogens (tertiary/aromatic N) is 2. The summed E-state index contributed by atoms with van der Waals surface area (Å²) < 4.78 is 7.39. The van der Waals surface area contributed by atoms with Gasteiger partial charge in [0.15, 0.2) is 0 Å². The van der Waals surface area contributed by atoms with Crippen molar-refractivity contribution < 1.29 is 4.74 Å². The van der Waals surface area contributed by atoms with Crippen LogP contribution >= 0.6 is 0 Å². The molecule has 1 N–H and O–H groups in total. The highest BCUT2D eigenvalue weighted by Crippen LogP contribution is 2.26. The molecule has 96 valence electrons. The molecule has 0 radical (unpaired) electrons. The van der Waals surface area contributed by atoms with Gasteiger partial charge >= 0.3 is 0 Å².